The molecule has 3 aromatic rings. The van der Waals surface area contributed by atoms with Gasteiger partial charge in [-0.05, 0) is 42.0 Å². The van der Waals surface area contributed by atoms with Crippen molar-refractivity contribution in [2.24, 2.45) is 5.10 Å². The van der Waals surface area contributed by atoms with Gasteiger partial charge in [0.2, 0.25) is 0 Å². The van der Waals surface area contributed by atoms with Gasteiger partial charge in [-0.2, -0.15) is 5.10 Å². The van der Waals surface area contributed by atoms with Gasteiger partial charge in [-0.1, -0.05) is 59.6 Å². The van der Waals surface area contributed by atoms with Gasteiger partial charge in [0.25, 0.3) is 5.91 Å². The topological polar surface area (TPSA) is 53.5 Å². The molecule has 0 aliphatic heterocycles. The molecule has 3 rings (SSSR count). The summed E-state index contributed by atoms with van der Waals surface area (Å²) in [4.78, 5) is 12.2. The Hall–Kier alpha value is -2.56. The molecule has 0 aliphatic rings. The number of carbonyl (C=O) groups is 1. The molecule has 0 aliphatic carbocycles. The van der Waals surface area contributed by atoms with Crippen molar-refractivity contribution in [2.45, 2.75) is 13.0 Å². The molecule has 0 spiro atoms. The second-order valence-corrected chi connectivity index (χ2v) is 6.67. The van der Waals surface area contributed by atoms with Crippen LogP contribution < -0.4 is 10.7 Å². The van der Waals surface area contributed by atoms with E-state index in [1.165, 1.54) is 6.21 Å². The van der Waals surface area contributed by atoms with Crippen molar-refractivity contribution in [2.75, 3.05) is 5.32 Å². The number of hydrazone groups is 1. The van der Waals surface area contributed by atoms with Crippen LogP contribution in [0.5, 0.6) is 0 Å². The van der Waals surface area contributed by atoms with Gasteiger partial charge in [-0.3, -0.25) is 4.79 Å². The van der Waals surface area contributed by atoms with Crippen LogP contribution in [-0.4, -0.2) is 18.2 Å². The number of rotatable bonds is 5. The van der Waals surface area contributed by atoms with E-state index >= 15 is 0 Å². The summed E-state index contributed by atoms with van der Waals surface area (Å²) < 4.78 is 0. The first-order chi connectivity index (χ1) is 12.5. The minimum atomic E-state index is -0.450. The Kier molecular flexibility index (Phi) is 5.76. The van der Waals surface area contributed by atoms with Gasteiger partial charge in [0.1, 0.15) is 6.04 Å². The Morgan fingerprint density at radius 2 is 1.81 bits per heavy atom. The zero-order valence-electron chi connectivity index (χ0n) is 14.0. The molecule has 0 heterocycles. The van der Waals surface area contributed by atoms with E-state index in [4.69, 9.17) is 23.2 Å². The third kappa shape index (κ3) is 4.54. The van der Waals surface area contributed by atoms with Gasteiger partial charge in [0, 0.05) is 16.3 Å². The molecular formula is C20H17Cl2N3O. The molecule has 6 heteroatoms. The highest BCUT2D eigenvalue weighted by Gasteiger charge is 2.12. The van der Waals surface area contributed by atoms with Gasteiger partial charge in [-0.15, -0.1) is 0 Å². The lowest BCUT2D eigenvalue weighted by Crippen LogP contribution is -2.34. The minimum absolute atomic E-state index is 0.250. The number of nitrogens with one attached hydrogen (secondary N) is 2. The van der Waals surface area contributed by atoms with Crippen molar-refractivity contribution in [3.8, 4) is 0 Å². The highest BCUT2D eigenvalue weighted by molar-refractivity contribution is 6.36. The number of benzene rings is 3. The van der Waals surface area contributed by atoms with E-state index in [1.807, 2.05) is 42.5 Å². The number of fused-ring (bicyclic) bond motifs is 1. The van der Waals surface area contributed by atoms with Gasteiger partial charge >= 0.3 is 0 Å². The molecule has 0 saturated carbocycles. The lowest BCUT2D eigenvalue weighted by atomic mass is 10.1. The molecule has 1 amide bonds. The van der Waals surface area contributed by atoms with Gasteiger partial charge in [-0.25, -0.2) is 5.43 Å². The van der Waals surface area contributed by atoms with Crippen LogP contribution in [0, 0.1) is 0 Å². The third-order valence-corrected chi connectivity index (χ3v) is 4.43. The number of nitrogens with zero attached hydrogens (tertiary/aromatic N) is 1. The molecule has 0 saturated heterocycles. The summed E-state index contributed by atoms with van der Waals surface area (Å²) in [5.74, 6) is -0.250. The maximum absolute atomic E-state index is 12.2. The standard InChI is InChI=1S/C20H17Cl2N3O/c1-13(24-18-9-7-14-4-2-3-5-15(14)10-18)20(26)25-23-12-16-6-8-17(21)11-19(16)22/h2-13,24H,1H3,(H,25,26). The van der Waals surface area contributed by atoms with Crippen molar-refractivity contribution >= 4 is 51.8 Å². The summed E-state index contributed by atoms with van der Waals surface area (Å²) in [5.41, 5.74) is 4.05. The molecule has 132 valence electrons. The molecule has 0 bridgehead atoms. The first kappa shape index (κ1) is 18.2. The van der Waals surface area contributed by atoms with Gasteiger partial charge in [0.15, 0.2) is 0 Å². The molecule has 3 aromatic carbocycles. The van der Waals surface area contributed by atoms with Crippen LogP contribution in [0.2, 0.25) is 10.0 Å². The fourth-order valence-electron chi connectivity index (χ4n) is 2.46. The van der Waals surface area contributed by atoms with E-state index in [-0.39, 0.29) is 5.91 Å². The molecule has 26 heavy (non-hydrogen) atoms. The lowest BCUT2D eigenvalue weighted by Gasteiger charge is -2.14. The number of hydrogen-bond donors (Lipinski definition) is 2. The van der Waals surface area contributed by atoms with Crippen molar-refractivity contribution in [1.29, 1.82) is 0 Å². The summed E-state index contributed by atoms with van der Waals surface area (Å²) in [6, 6.07) is 18.6. The molecule has 4 nitrogen and oxygen atoms in total. The van der Waals surface area contributed by atoms with Gasteiger partial charge in [0.05, 0.1) is 11.2 Å². The van der Waals surface area contributed by atoms with Crippen LogP contribution in [0.1, 0.15) is 12.5 Å². The molecule has 1 atom stereocenters. The first-order valence-electron chi connectivity index (χ1n) is 8.06. The number of halogens is 2. The van der Waals surface area contributed by atoms with Crippen LogP contribution in [-0.2, 0) is 4.79 Å². The number of carbonyl (C=O) groups excluding carboxylic acids is 1. The quantitative estimate of drug-likeness (QED) is 0.474. The average Bonchev–Trinajstić information content (AvgIpc) is 2.63. The minimum Gasteiger partial charge on any atom is -0.374 e. The average molecular weight is 386 g/mol. The Bertz CT molecular complexity index is 972. The van der Waals surface area contributed by atoms with E-state index < -0.39 is 6.04 Å². The highest BCUT2D eigenvalue weighted by atomic mass is 35.5. The van der Waals surface area contributed by atoms with E-state index in [9.17, 15) is 4.79 Å². The monoisotopic (exact) mass is 385 g/mol. The molecule has 0 aromatic heterocycles. The largest absolute Gasteiger partial charge is 0.374 e. The van der Waals surface area contributed by atoms with Crippen molar-refractivity contribution < 1.29 is 4.79 Å². The fraction of sp³-hybridized carbons (Fsp3) is 0.100. The first-order valence-corrected chi connectivity index (χ1v) is 8.82. The Balaban J connectivity index is 1.60. The van der Waals surface area contributed by atoms with Crippen LogP contribution in [0.3, 0.4) is 0 Å². The van der Waals surface area contributed by atoms with Crippen LogP contribution >= 0.6 is 23.2 Å². The van der Waals surface area contributed by atoms with Crippen molar-refractivity contribution in [3.63, 3.8) is 0 Å². The molecule has 0 fully saturated rings. The molecule has 0 radical (unpaired) electrons. The highest BCUT2D eigenvalue weighted by Crippen LogP contribution is 2.20. The zero-order chi connectivity index (χ0) is 18.5. The normalized spacial score (nSPS) is 12.3. The van der Waals surface area contributed by atoms with Gasteiger partial charge < -0.3 is 5.32 Å². The van der Waals surface area contributed by atoms with Crippen molar-refractivity contribution in [3.05, 3.63) is 76.3 Å². The Morgan fingerprint density at radius 3 is 2.58 bits per heavy atom. The number of anilines is 1. The number of hydrogen-bond acceptors (Lipinski definition) is 3. The number of amides is 1. The van der Waals surface area contributed by atoms with E-state index in [0.717, 1.165) is 16.5 Å². The predicted molar refractivity (Wildman–Crippen MR) is 109 cm³/mol. The smallest absolute Gasteiger partial charge is 0.262 e. The summed E-state index contributed by atoms with van der Waals surface area (Å²) in [5, 5.41) is 10.4. The third-order valence-electron chi connectivity index (χ3n) is 3.87. The predicted octanol–water partition coefficient (Wildman–Crippen LogP) is 5.10. The maximum Gasteiger partial charge on any atom is 0.262 e. The fourth-order valence-corrected chi connectivity index (χ4v) is 2.92. The second kappa shape index (κ2) is 8.21. The summed E-state index contributed by atoms with van der Waals surface area (Å²) in [7, 11) is 0. The maximum atomic E-state index is 12.2. The Labute approximate surface area is 161 Å². The molecule has 1 unspecified atom stereocenters. The second-order valence-electron chi connectivity index (χ2n) is 5.83. The van der Waals surface area contributed by atoms with E-state index in [1.54, 1.807) is 25.1 Å². The summed E-state index contributed by atoms with van der Waals surface area (Å²) in [6.45, 7) is 1.77. The van der Waals surface area contributed by atoms with E-state index in [0.29, 0.717) is 15.6 Å². The lowest BCUT2D eigenvalue weighted by molar-refractivity contribution is -0.121. The van der Waals surface area contributed by atoms with E-state index in [2.05, 4.69) is 15.8 Å². The summed E-state index contributed by atoms with van der Waals surface area (Å²) in [6.07, 6.45) is 1.49. The van der Waals surface area contributed by atoms with Crippen LogP contribution in [0.15, 0.2) is 65.8 Å². The SMILES string of the molecule is CC(Nc1ccc2ccccc2c1)C(=O)NN=Cc1ccc(Cl)cc1Cl. The Morgan fingerprint density at radius 1 is 1.04 bits per heavy atom. The molecule has 2 N–H and O–H groups in total. The summed E-state index contributed by atoms with van der Waals surface area (Å²) >= 11 is 11.9. The zero-order valence-corrected chi connectivity index (χ0v) is 15.6. The molecular weight excluding hydrogens is 369 g/mol. The van der Waals surface area contributed by atoms with Crippen LogP contribution in [0.25, 0.3) is 10.8 Å². The van der Waals surface area contributed by atoms with Crippen molar-refractivity contribution in [1.82, 2.24) is 5.43 Å². The van der Waals surface area contributed by atoms with Crippen LogP contribution in [0.4, 0.5) is 5.69 Å².